The van der Waals surface area contributed by atoms with Gasteiger partial charge in [0.25, 0.3) is 0 Å². The third-order valence-electron chi connectivity index (χ3n) is 5.23. The van der Waals surface area contributed by atoms with Gasteiger partial charge in [-0.25, -0.2) is 15.0 Å². The number of guanidine groups is 1. The second-order valence-electron chi connectivity index (χ2n) is 7.33. The van der Waals surface area contributed by atoms with Gasteiger partial charge in [0.2, 0.25) is 5.95 Å². The lowest BCUT2D eigenvalue weighted by Crippen LogP contribution is -2.51. The van der Waals surface area contributed by atoms with Gasteiger partial charge in [0.15, 0.2) is 5.96 Å². The number of fused-ring (bicyclic) bond motifs is 1. The zero-order valence-electron chi connectivity index (χ0n) is 17.5. The SMILES string of the molecule is CCOc1cc2c(cc1CN=C(N)N1CCN(c3ncccn3)CC1)OC(C)C2.I. The molecule has 9 heteroatoms. The number of nitrogens with zero attached hydrogens (tertiary/aromatic N) is 5. The summed E-state index contributed by atoms with van der Waals surface area (Å²) < 4.78 is 11.7. The van der Waals surface area contributed by atoms with Gasteiger partial charge in [0.1, 0.15) is 17.6 Å². The zero-order valence-corrected chi connectivity index (χ0v) is 19.8. The van der Waals surface area contributed by atoms with E-state index < -0.39 is 0 Å². The summed E-state index contributed by atoms with van der Waals surface area (Å²) in [7, 11) is 0. The van der Waals surface area contributed by atoms with Crippen LogP contribution < -0.4 is 20.1 Å². The van der Waals surface area contributed by atoms with Gasteiger partial charge in [-0.15, -0.1) is 24.0 Å². The lowest BCUT2D eigenvalue weighted by Gasteiger charge is -2.35. The number of hydrogen-bond acceptors (Lipinski definition) is 6. The van der Waals surface area contributed by atoms with Crippen molar-refractivity contribution in [2.24, 2.45) is 10.7 Å². The van der Waals surface area contributed by atoms with Gasteiger partial charge in [-0.1, -0.05) is 0 Å². The van der Waals surface area contributed by atoms with Crippen LogP contribution in [0.15, 0.2) is 35.6 Å². The molecule has 1 aromatic carbocycles. The standard InChI is InChI=1S/C21H28N6O2.HI/c1-3-28-18-12-16-11-15(2)29-19(16)13-17(18)14-25-20(22)26-7-9-27(10-8-26)21-23-5-4-6-24-21;/h4-6,12-13,15H,3,7-11,14H2,1-2H3,(H2,22,25);1H. The molecule has 3 heterocycles. The molecule has 0 radical (unpaired) electrons. The van der Waals surface area contributed by atoms with Gasteiger partial charge in [-0.3, -0.25) is 0 Å². The van der Waals surface area contributed by atoms with Gasteiger partial charge < -0.3 is 25.0 Å². The van der Waals surface area contributed by atoms with Crippen molar-refractivity contribution in [3.8, 4) is 11.5 Å². The first-order valence-electron chi connectivity index (χ1n) is 10.2. The first-order chi connectivity index (χ1) is 14.1. The predicted octanol–water partition coefficient (Wildman–Crippen LogP) is 2.45. The predicted molar refractivity (Wildman–Crippen MR) is 128 cm³/mol. The molecule has 0 bridgehead atoms. The maximum Gasteiger partial charge on any atom is 0.225 e. The average Bonchev–Trinajstić information content (AvgIpc) is 3.11. The molecule has 1 fully saturated rings. The van der Waals surface area contributed by atoms with Crippen molar-refractivity contribution < 1.29 is 9.47 Å². The fourth-order valence-electron chi connectivity index (χ4n) is 3.75. The van der Waals surface area contributed by atoms with Crippen LogP contribution in [0.25, 0.3) is 0 Å². The number of ether oxygens (including phenoxy) is 2. The van der Waals surface area contributed by atoms with Crippen molar-refractivity contribution in [1.82, 2.24) is 14.9 Å². The molecular formula is C21H29IN6O2. The molecule has 1 saturated heterocycles. The Kier molecular flexibility index (Phi) is 7.57. The molecule has 2 N–H and O–H groups in total. The molecule has 8 nitrogen and oxygen atoms in total. The molecule has 0 aliphatic carbocycles. The molecule has 2 aromatic rings. The second kappa shape index (κ2) is 10.1. The molecule has 30 heavy (non-hydrogen) atoms. The third-order valence-corrected chi connectivity index (χ3v) is 5.23. The monoisotopic (exact) mass is 524 g/mol. The minimum absolute atomic E-state index is 0. The number of aliphatic imine (C=N–C) groups is 1. The summed E-state index contributed by atoms with van der Waals surface area (Å²) in [5, 5.41) is 0. The Bertz CT molecular complexity index is 871. The Morgan fingerprint density at radius 3 is 2.67 bits per heavy atom. The van der Waals surface area contributed by atoms with E-state index in [0.29, 0.717) is 19.1 Å². The fraction of sp³-hybridized carbons (Fsp3) is 0.476. The van der Waals surface area contributed by atoms with Crippen LogP contribution >= 0.6 is 24.0 Å². The molecule has 1 unspecified atom stereocenters. The van der Waals surface area contributed by atoms with E-state index in [4.69, 9.17) is 15.2 Å². The number of aromatic nitrogens is 2. The van der Waals surface area contributed by atoms with Gasteiger partial charge in [-0.2, -0.15) is 0 Å². The van der Waals surface area contributed by atoms with Gasteiger partial charge >= 0.3 is 0 Å². The highest BCUT2D eigenvalue weighted by molar-refractivity contribution is 14.0. The summed E-state index contributed by atoms with van der Waals surface area (Å²) in [5.74, 6) is 3.11. The molecule has 0 saturated carbocycles. The number of benzene rings is 1. The van der Waals surface area contributed by atoms with Crippen LogP contribution in [0.2, 0.25) is 0 Å². The maximum atomic E-state index is 6.29. The van der Waals surface area contributed by atoms with Crippen LogP contribution in [0.3, 0.4) is 0 Å². The topological polar surface area (TPSA) is 89.1 Å². The first-order valence-corrected chi connectivity index (χ1v) is 10.2. The number of hydrogen-bond donors (Lipinski definition) is 1. The van der Waals surface area contributed by atoms with Gasteiger partial charge in [-0.05, 0) is 32.0 Å². The molecule has 2 aliphatic heterocycles. The Morgan fingerprint density at radius 1 is 1.23 bits per heavy atom. The molecule has 0 spiro atoms. The van der Waals surface area contributed by atoms with Crippen molar-refractivity contribution in [2.75, 3.05) is 37.7 Å². The van der Waals surface area contributed by atoms with Gasteiger partial charge in [0.05, 0.1) is 13.2 Å². The van der Waals surface area contributed by atoms with Crippen LogP contribution in [0.1, 0.15) is 25.0 Å². The van der Waals surface area contributed by atoms with Crippen molar-refractivity contribution >= 4 is 35.9 Å². The van der Waals surface area contributed by atoms with E-state index in [0.717, 1.165) is 55.6 Å². The highest BCUT2D eigenvalue weighted by Crippen LogP contribution is 2.35. The Labute approximate surface area is 194 Å². The van der Waals surface area contributed by atoms with Crippen molar-refractivity contribution in [3.63, 3.8) is 0 Å². The zero-order chi connectivity index (χ0) is 20.2. The largest absolute Gasteiger partial charge is 0.494 e. The quantitative estimate of drug-likeness (QED) is 0.365. The van der Waals surface area contributed by atoms with Crippen molar-refractivity contribution in [3.05, 3.63) is 41.7 Å². The number of anilines is 1. The molecular weight excluding hydrogens is 495 g/mol. The minimum atomic E-state index is 0. The second-order valence-corrected chi connectivity index (χ2v) is 7.33. The lowest BCUT2D eigenvalue weighted by atomic mass is 10.1. The van der Waals surface area contributed by atoms with Crippen molar-refractivity contribution in [2.45, 2.75) is 32.9 Å². The van der Waals surface area contributed by atoms with E-state index >= 15 is 0 Å². The van der Waals surface area contributed by atoms with Crippen LogP contribution in [0.4, 0.5) is 5.95 Å². The van der Waals surface area contributed by atoms with E-state index in [1.807, 2.05) is 19.1 Å². The number of halogens is 1. The normalized spacial score (nSPS) is 18.5. The summed E-state index contributed by atoms with van der Waals surface area (Å²) in [5.41, 5.74) is 8.49. The van der Waals surface area contributed by atoms with E-state index in [2.05, 4.69) is 37.8 Å². The van der Waals surface area contributed by atoms with Crippen LogP contribution in [0.5, 0.6) is 11.5 Å². The molecule has 0 amide bonds. The van der Waals surface area contributed by atoms with E-state index in [-0.39, 0.29) is 30.1 Å². The number of rotatable bonds is 5. The third kappa shape index (κ3) is 5.05. The molecule has 162 valence electrons. The van der Waals surface area contributed by atoms with E-state index in [1.54, 1.807) is 12.4 Å². The van der Waals surface area contributed by atoms with Gasteiger partial charge in [0, 0.05) is 56.1 Å². The van der Waals surface area contributed by atoms with Crippen LogP contribution in [-0.2, 0) is 13.0 Å². The first kappa shape index (κ1) is 22.4. The van der Waals surface area contributed by atoms with Crippen molar-refractivity contribution in [1.29, 1.82) is 0 Å². The average molecular weight is 524 g/mol. The van der Waals surface area contributed by atoms with Crippen LogP contribution in [-0.4, -0.2) is 59.7 Å². The summed E-state index contributed by atoms with van der Waals surface area (Å²) in [4.78, 5) is 17.5. The molecule has 2 aliphatic rings. The smallest absolute Gasteiger partial charge is 0.225 e. The summed E-state index contributed by atoms with van der Waals surface area (Å²) >= 11 is 0. The van der Waals surface area contributed by atoms with Crippen LogP contribution in [0, 0.1) is 0 Å². The lowest BCUT2D eigenvalue weighted by molar-refractivity contribution is 0.254. The Balaban J connectivity index is 0.00000256. The summed E-state index contributed by atoms with van der Waals surface area (Å²) in [6, 6.07) is 5.96. The summed E-state index contributed by atoms with van der Waals surface area (Å²) in [6.45, 7) is 8.36. The number of piperazine rings is 1. The minimum Gasteiger partial charge on any atom is -0.494 e. The Morgan fingerprint density at radius 2 is 1.97 bits per heavy atom. The fourth-order valence-corrected chi connectivity index (χ4v) is 3.75. The maximum absolute atomic E-state index is 6.29. The highest BCUT2D eigenvalue weighted by atomic mass is 127. The molecule has 1 atom stereocenters. The van der Waals surface area contributed by atoms with E-state index in [9.17, 15) is 0 Å². The highest BCUT2D eigenvalue weighted by Gasteiger charge is 2.23. The molecule has 4 rings (SSSR count). The number of nitrogens with two attached hydrogens (primary N) is 1. The summed E-state index contributed by atoms with van der Waals surface area (Å²) in [6.07, 6.45) is 4.65. The molecule has 1 aromatic heterocycles. The van der Waals surface area contributed by atoms with E-state index in [1.165, 1.54) is 5.56 Å². The Hall–Kier alpha value is -2.30.